The topological polar surface area (TPSA) is 72.9 Å². The number of rotatable bonds is 2. The van der Waals surface area contributed by atoms with E-state index in [1.807, 2.05) is 17.9 Å². The maximum atomic E-state index is 12.4. The molecule has 2 aliphatic heterocycles. The Bertz CT molecular complexity index is 626. The van der Waals surface area contributed by atoms with Crippen molar-refractivity contribution in [3.8, 4) is 0 Å². The second-order valence-electron chi connectivity index (χ2n) is 6.70. The van der Waals surface area contributed by atoms with E-state index in [9.17, 15) is 14.7 Å². The van der Waals surface area contributed by atoms with Crippen molar-refractivity contribution in [2.75, 3.05) is 31.5 Å². The number of aryl methyl sites for hydroxylation is 1. The maximum Gasteiger partial charge on any atom is 0.321 e. The third kappa shape index (κ3) is 3.70. The van der Waals surface area contributed by atoms with Gasteiger partial charge in [-0.3, -0.25) is 4.79 Å². The van der Waals surface area contributed by atoms with Crippen molar-refractivity contribution < 1.29 is 14.7 Å². The SMILES string of the molecule is Cc1cc(C(=O)N2CCCC2)ccc1NC(=O)N1CCC[C@@H](O)C1. The van der Waals surface area contributed by atoms with Crippen LogP contribution >= 0.6 is 0 Å². The number of carbonyl (C=O) groups excluding carboxylic acids is 2. The first-order chi connectivity index (χ1) is 11.5. The Labute approximate surface area is 142 Å². The summed E-state index contributed by atoms with van der Waals surface area (Å²) in [6.07, 6.45) is 3.26. The van der Waals surface area contributed by atoms with Crippen molar-refractivity contribution in [2.24, 2.45) is 0 Å². The fraction of sp³-hybridized carbons (Fsp3) is 0.556. The van der Waals surface area contributed by atoms with E-state index in [1.54, 1.807) is 17.0 Å². The number of amides is 3. The number of nitrogens with one attached hydrogen (secondary N) is 1. The number of β-amino-alcohol motifs (C(OH)–C–C–N with tert-alkyl or cyclic N) is 1. The molecule has 2 N–H and O–H groups in total. The molecule has 1 aromatic rings. The minimum Gasteiger partial charge on any atom is -0.391 e. The Hall–Kier alpha value is -2.08. The van der Waals surface area contributed by atoms with Crippen LogP contribution in [0.1, 0.15) is 41.6 Å². The van der Waals surface area contributed by atoms with Crippen LogP contribution in [-0.4, -0.2) is 59.1 Å². The molecule has 3 amide bonds. The standard InChI is InChI=1S/C18H25N3O3/c1-13-11-14(17(23)20-8-2-3-9-20)6-7-16(13)19-18(24)21-10-4-5-15(22)12-21/h6-7,11,15,22H,2-5,8-10,12H2,1H3,(H,19,24)/t15-/m1/s1. The first kappa shape index (κ1) is 16.8. The van der Waals surface area contributed by atoms with Gasteiger partial charge in [0, 0.05) is 37.4 Å². The summed E-state index contributed by atoms with van der Waals surface area (Å²) in [6, 6.07) is 5.20. The quantitative estimate of drug-likeness (QED) is 0.873. The molecular weight excluding hydrogens is 306 g/mol. The smallest absolute Gasteiger partial charge is 0.321 e. The van der Waals surface area contributed by atoms with Crippen molar-refractivity contribution in [1.29, 1.82) is 0 Å². The van der Waals surface area contributed by atoms with Crippen LogP contribution in [0.25, 0.3) is 0 Å². The lowest BCUT2D eigenvalue weighted by molar-refractivity contribution is 0.0792. The lowest BCUT2D eigenvalue weighted by Gasteiger charge is -2.30. The van der Waals surface area contributed by atoms with E-state index in [1.165, 1.54) is 0 Å². The van der Waals surface area contributed by atoms with Gasteiger partial charge in [-0.1, -0.05) is 0 Å². The number of aliphatic hydroxyl groups excluding tert-OH is 1. The summed E-state index contributed by atoms with van der Waals surface area (Å²) in [7, 11) is 0. The average Bonchev–Trinajstić information content (AvgIpc) is 3.10. The van der Waals surface area contributed by atoms with Gasteiger partial charge in [0.05, 0.1) is 6.10 Å². The number of carbonyl (C=O) groups is 2. The fourth-order valence-corrected chi connectivity index (χ4v) is 3.37. The van der Waals surface area contributed by atoms with Crippen molar-refractivity contribution >= 4 is 17.6 Å². The Morgan fingerprint density at radius 1 is 1.12 bits per heavy atom. The molecule has 3 rings (SSSR count). The van der Waals surface area contributed by atoms with Crippen LogP contribution in [-0.2, 0) is 0 Å². The molecule has 1 atom stereocenters. The number of hydrogen-bond acceptors (Lipinski definition) is 3. The molecule has 0 aromatic heterocycles. The van der Waals surface area contributed by atoms with Gasteiger partial charge in [0.15, 0.2) is 0 Å². The Morgan fingerprint density at radius 2 is 1.83 bits per heavy atom. The summed E-state index contributed by atoms with van der Waals surface area (Å²) in [5.74, 6) is 0.0626. The van der Waals surface area contributed by atoms with Gasteiger partial charge in [-0.15, -0.1) is 0 Å². The van der Waals surface area contributed by atoms with Crippen LogP contribution < -0.4 is 5.32 Å². The average molecular weight is 331 g/mol. The highest BCUT2D eigenvalue weighted by Crippen LogP contribution is 2.20. The highest BCUT2D eigenvalue weighted by Gasteiger charge is 2.23. The van der Waals surface area contributed by atoms with Crippen molar-refractivity contribution in [1.82, 2.24) is 9.80 Å². The predicted molar refractivity (Wildman–Crippen MR) is 92.1 cm³/mol. The molecule has 24 heavy (non-hydrogen) atoms. The van der Waals surface area contributed by atoms with Gasteiger partial charge < -0.3 is 20.2 Å². The van der Waals surface area contributed by atoms with Gasteiger partial charge in [0.1, 0.15) is 0 Å². The summed E-state index contributed by atoms with van der Waals surface area (Å²) >= 11 is 0. The van der Waals surface area contributed by atoms with Crippen LogP contribution in [0, 0.1) is 6.92 Å². The minimum absolute atomic E-state index is 0.0626. The number of benzene rings is 1. The molecule has 2 aliphatic rings. The van der Waals surface area contributed by atoms with E-state index >= 15 is 0 Å². The molecule has 2 heterocycles. The molecule has 6 nitrogen and oxygen atoms in total. The van der Waals surface area contributed by atoms with Gasteiger partial charge in [0.25, 0.3) is 5.91 Å². The van der Waals surface area contributed by atoms with Crippen LogP contribution in [0.2, 0.25) is 0 Å². The second-order valence-corrected chi connectivity index (χ2v) is 6.70. The Morgan fingerprint density at radius 3 is 2.50 bits per heavy atom. The number of likely N-dealkylation sites (tertiary alicyclic amines) is 2. The van der Waals surface area contributed by atoms with Crippen molar-refractivity contribution in [2.45, 2.75) is 38.7 Å². The molecule has 1 aromatic carbocycles. The van der Waals surface area contributed by atoms with E-state index in [-0.39, 0.29) is 11.9 Å². The van der Waals surface area contributed by atoms with Gasteiger partial charge >= 0.3 is 6.03 Å². The minimum atomic E-state index is -0.439. The summed E-state index contributed by atoms with van der Waals surface area (Å²) < 4.78 is 0. The third-order valence-corrected chi connectivity index (χ3v) is 4.79. The molecule has 6 heteroatoms. The number of nitrogens with zero attached hydrogens (tertiary/aromatic N) is 2. The molecule has 0 bridgehead atoms. The molecule has 0 saturated carbocycles. The molecule has 2 fully saturated rings. The van der Waals surface area contributed by atoms with E-state index in [0.29, 0.717) is 24.3 Å². The predicted octanol–water partition coefficient (Wildman–Crippen LogP) is 2.22. The van der Waals surface area contributed by atoms with Crippen LogP contribution in [0.15, 0.2) is 18.2 Å². The van der Waals surface area contributed by atoms with Crippen molar-refractivity contribution in [3.63, 3.8) is 0 Å². The van der Waals surface area contributed by atoms with E-state index < -0.39 is 6.10 Å². The summed E-state index contributed by atoms with van der Waals surface area (Å²) in [5.41, 5.74) is 2.24. The number of urea groups is 1. The van der Waals surface area contributed by atoms with Gasteiger partial charge in [-0.25, -0.2) is 4.79 Å². The molecule has 0 aliphatic carbocycles. The first-order valence-corrected chi connectivity index (χ1v) is 8.68. The lowest BCUT2D eigenvalue weighted by atomic mass is 10.1. The number of piperidine rings is 1. The number of anilines is 1. The number of aliphatic hydroxyl groups is 1. The van der Waals surface area contributed by atoms with Gasteiger partial charge in [-0.05, 0) is 56.4 Å². The molecule has 0 radical (unpaired) electrons. The summed E-state index contributed by atoms with van der Waals surface area (Å²) in [5, 5.41) is 12.6. The zero-order valence-electron chi connectivity index (χ0n) is 14.1. The van der Waals surface area contributed by atoms with Crippen LogP contribution in [0.5, 0.6) is 0 Å². The zero-order chi connectivity index (χ0) is 17.1. The lowest BCUT2D eigenvalue weighted by Crippen LogP contribution is -2.44. The molecule has 0 unspecified atom stereocenters. The number of hydrogen-bond donors (Lipinski definition) is 2. The Kier molecular flexibility index (Phi) is 5.04. The molecule has 130 valence electrons. The zero-order valence-corrected chi connectivity index (χ0v) is 14.1. The molecule has 2 saturated heterocycles. The largest absolute Gasteiger partial charge is 0.391 e. The highest BCUT2D eigenvalue weighted by molar-refractivity contribution is 5.96. The van der Waals surface area contributed by atoms with Crippen molar-refractivity contribution in [3.05, 3.63) is 29.3 Å². The van der Waals surface area contributed by atoms with Crippen LogP contribution in [0.3, 0.4) is 0 Å². The van der Waals surface area contributed by atoms with E-state index in [2.05, 4.69) is 5.32 Å². The van der Waals surface area contributed by atoms with Gasteiger partial charge in [0.2, 0.25) is 0 Å². The normalized spacial score (nSPS) is 21.0. The second kappa shape index (κ2) is 7.21. The third-order valence-electron chi connectivity index (χ3n) is 4.79. The Balaban J connectivity index is 1.66. The maximum absolute atomic E-state index is 12.4. The fourth-order valence-electron chi connectivity index (χ4n) is 3.37. The first-order valence-electron chi connectivity index (χ1n) is 8.68. The molecular formula is C18H25N3O3. The summed E-state index contributed by atoms with van der Waals surface area (Å²) in [6.45, 7) is 4.58. The van der Waals surface area contributed by atoms with Crippen LogP contribution in [0.4, 0.5) is 10.5 Å². The van der Waals surface area contributed by atoms with Gasteiger partial charge in [-0.2, -0.15) is 0 Å². The molecule has 0 spiro atoms. The highest BCUT2D eigenvalue weighted by atomic mass is 16.3. The monoisotopic (exact) mass is 331 g/mol. The van der Waals surface area contributed by atoms with E-state index in [0.717, 1.165) is 44.3 Å². The van der Waals surface area contributed by atoms with E-state index in [4.69, 9.17) is 0 Å². The summed E-state index contributed by atoms with van der Waals surface area (Å²) in [4.78, 5) is 28.3.